The molecule has 1 aromatic heterocycles. The van der Waals surface area contributed by atoms with Gasteiger partial charge in [0.1, 0.15) is 12.1 Å². The zero-order chi connectivity index (χ0) is 13.0. The molecule has 0 aromatic carbocycles. The summed E-state index contributed by atoms with van der Waals surface area (Å²) in [5, 5.41) is 0. The fourth-order valence-electron chi connectivity index (χ4n) is 2.26. The fourth-order valence-corrected chi connectivity index (χ4v) is 2.58. The number of rotatable bonds is 4. The number of ether oxygens (including phenoxy) is 1. The third-order valence-electron chi connectivity index (χ3n) is 3.08. The molecule has 1 fully saturated rings. The van der Waals surface area contributed by atoms with Gasteiger partial charge < -0.3 is 9.64 Å². The van der Waals surface area contributed by atoms with Crippen LogP contribution in [0.4, 0.5) is 5.82 Å². The average Bonchev–Trinajstić information content (AvgIpc) is 2.38. The first-order valence-electron chi connectivity index (χ1n) is 6.52. The third-order valence-corrected chi connectivity index (χ3v) is 3.44. The lowest BCUT2D eigenvalue weighted by molar-refractivity contribution is 0.232. The van der Waals surface area contributed by atoms with Gasteiger partial charge in [-0.25, -0.2) is 9.97 Å². The molecule has 18 heavy (non-hydrogen) atoms. The van der Waals surface area contributed by atoms with Crippen molar-refractivity contribution < 1.29 is 4.74 Å². The van der Waals surface area contributed by atoms with Gasteiger partial charge in [0.15, 0.2) is 0 Å². The smallest absolute Gasteiger partial charge is 0.218 e. The minimum Gasteiger partial charge on any atom is -0.475 e. The van der Waals surface area contributed by atoms with Crippen LogP contribution in [0.1, 0.15) is 33.1 Å². The van der Waals surface area contributed by atoms with E-state index < -0.39 is 0 Å². The van der Waals surface area contributed by atoms with Crippen molar-refractivity contribution in [2.75, 3.05) is 17.3 Å². The lowest BCUT2D eigenvalue weighted by Crippen LogP contribution is -2.41. The first-order valence-corrected chi connectivity index (χ1v) is 7.05. The Morgan fingerprint density at radius 1 is 1.44 bits per heavy atom. The summed E-state index contributed by atoms with van der Waals surface area (Å²) in [7, 11) is 0. The minimum absolute atomic E-state index is 0.123. The standard InChI is InChI=1S/C13H20ClN3O/c1-10(2)18-13-7-12(15-9-16-13)17-6-4-3-5-11(17)8-14/h7,9-11H,3-6,8H2,1-2H3. The molecule has 0 saturated carbocycles. The molecule has 5 heteroatoms. The second-order valence-corrected chi connectivity index (χ2v) is 5.19. The Balaban J connectivity index is 2.15. The zero-order valence-electron chi connectivity index (χ0n) is 11.0. The second-order valence-electron chi connectivity index (χ2n) is 4.88. The Morgan fingerprint density at radius 2 is 2.28 bits per heavy atom. The molecule has 100 valence electrons. The van der Waals surface area contributed by atoms with Crippen LogP contribution in [0.3, 0.4) is 0 Å². The van der Waals surface area contributed by atoms with Crippen molar-refractivity contribution >= 4 is 17.4 Å². The van der Waals surface area contributed by atoms with Crippen LogP contribution in [0.5, 0.6) is 5.88 Å². The van der Waals surface area contributed by atoms with Crippen LogP contribution >= 0.6 is 11.6 Å². The highest BCUT2D eigenvalue weighted by Crippen LogP contribution is 2.25. The highest BCUT2D eigenvalue weighted by Gasteiger charge is 2.23. The van der Waals surface area contributed by atoms with Crippen LogP contribution in [-0.2, 0) is 0 Å². The molecule has 0 aliphatic carbocycles. The van der Waals surface area contributed by atoms with Gasteiger partial charge in [-0.15, -0.1) is 11.6 Å². The van der Waals surface area contributed by atoms with Crippen molar-refractivity contribution in [1.82, 2.24) is 9.97 Å². The van der Waals surface area contributed by atoms with Gasteiger partial charge in [0.25, 0.3) is 0 Å². The molecule has 4 nitrogen and oxygen atoms in total. The van der Waals surface area contributed by atoms with E-state index in [-0.39, 0.29) is 6.10 Å². The van der Waals surface area contributed by atoms with Crippen LogP contribution in [0, 0.1) is 0 Å². The van der Waals surface area contributed by atoms with E-state index in [0.29, 0.717) is 17.8 Å². The summed E-state index contributed by atoms with van der Waals surface area (Å²) in [5.74, 6) is 2.20. The zero-order valence-corrected chi connectivity index (χ0v) is 11.7. The molecular weight excluding hydrogens is 250 g/mol. The Morgan fingerprint density at radius 3 is 3.00 bits per heavy atom. The molecule has 0 amide bonds. The van der Waals surface area contributed by atoms with Crippen molar-refractivity contribution in [2.45, 2.75) is 45.3 Å². The van der Waals surface area contributed by atoms with Crippen molar-refractivity contribution in [3.63, 3.8) is 0 Å². The number of piperidine rings is 1. The molecule has 2 rings (SSSR count). The maximum absolute atomic E-state index is 6.03. The van der Waals surface area contributed by atoms with Gasteiger partial charge in [0.2, 0.25) is 5.88 Å². The quantitative estimate of drug-likeness (QED) is 0.788. The number of aromatic nitrogens is 2. The summed E-state index contributed by atoms with van der Waals surface area (Å²) in [6, 6.07) is 2.28. The first kappa shape index (κ1) is 13.4. The number of hydrogen-bond donors (Lipinski definition) is 0. The van der Waals surface area contributed by atoms with Crippen LogP contribution in [0.25, 0.3) is 0 Å². The van der Waals surface area contributed by atoms with Gasteiger partial charge in [-0.3, -0.25) is 0 Å². The number of halogens is 1. The van der Waals surface area contributed by atoms with E-state index >= 15 is 0 Å². The van der Waals surface area contributed by atoms with E-state index in [4.69, 9.17) is 16.3 Å². The summed E-state index contributed by atoms with van der Waals surface area (Å²) >= 11 is 6.03. The minimum atomic E-state index is 0.123. The van der Waals surface area contributed by atoms with Gasteiger partial charge in [-0.1, -0.05) is 0 Å². The van der Waals surface area contributed by atoms with Crippen LogP contribution in [0.15, 0.2) is 12.4 Å². The van der Waals surface area contributed by atoms with Gasteiger partial charge in [0.05, 0.1) is 6.10 Å². The average molecular weight is 270 g/mol. The summed E-state index contributed by atoms with van der Waals surface area (Å²) in [6.45, 7) is 4.99. The van der Waals surface area contributed by atoms with Crippen molar-refractivity contribution in [2.24, 2.45) is 0 Å². The van der Waals surface area contributed by atoms with Crippen LogP contribution < -0.4 is 9.64 Å². The number of anilines is 1. The number of nitrogens with zero attached hydrogens (tertiary/aromatic N) is 3. The fraction of sp³-hybridized carbons (Fsp3) is 0.692. The van der Waals surface area contributed by atoms with E-state index in [1.165, 1.54) is 12.8 Å². The Labute approximate surface area is 113 Å². The Kier molecular flexibility index (Phi) is 4.64. The SMILES string of the molecule is CC(C)Oc1cc(N2CCCCC2CCl)ncn1. The largest absolute Gasteiger partial charge is 0.475 e. The molecule has 0 spiro atoms. The topological polar surface area (TPSA) is 38.2 Å². The molecule has 2 heterocycles. The van der Waals surface area contributed by atoms with Gasteiger partial charge >= 0.3 is 0 Å². The molecule has 0 bridgehead atoms. The monoisotopic (exact) mass is 269 g/mol. The molecular formula is C13H20ClN3O. The molecule has 1 aliphatic heterocycles. The number of alkyl halides is 1. The van der Waals surface area contributed by atoms with Gasteiger partial charge in [0, 0.05) is 24.5 Å². The van der Waals surface area contributed by atoms with E-state index in [0.717, 1.165) is 18.8 Å². The predicted octanol–water partition coefficient (Wildman–Crippen LogP) is 2.86. The van der Waals surface area contributed by atoms with Gasteiger partial charge in [-0.2, -0.15) is 0 Å². The van der Waals surface area contributed by atoms with Crippen LogP contribution in [0.2, 0.25) is 0 Å². The highest BCUT2D eigenvalue weighted by molar-refractivity contribution is 6.18. The van der Waals surface area contributed by atoms with E-state index in [9.17, 15) is 0 Å². The molecule has 1 atom stereocenters. The van der Waals surface area contributed by atoms with E-state index in [2.05, 4.69) is 14.9 Å². The highest BCUT2D eigenvalue weighted by atomic mass is 35.5. The third kappa shape index (κ3) is 3.25. The number of hydrogen-bond acceptors (Lipinski definition) is 4. The van der Waals surface area contributed by atoms with E-state index in [1.807, 2.05) is 19.9 Å². The molecule has 1 unspecified atom stereocenters. The molecule has 1 saturated heterocycles. The summed E-state index contributed by atoms with van der Waals surface area (Å²) < 4.78 is 5.60. The van der Waals surface area contributed by atoms with Crippen molar-refractivity contribution in [3.05, 3.63) is 12.4 Å². The van der Waals surface area contributed by atoms with Gasteiger partial charge in [-0.05, 0) is 33.1 Å². The van der Waals surface area contributed by atoms with Crippen molar-refractivity contribution in [3.8, 4) is 5.88 Å². The Bertz CT molecular complexity index is 386. The molecule has 0 N–H and O–H groups in total. The van der Waals surface area contributed by atoms with Crippen molar-refractivity contribution in [1.29, 1.82) is 0 Å². The lowest BCUT2D eigenvalue weighted by atomic mass is 10.0. The second kappa shape index (κ2) is 6.23. The Hall–Kier alpha value is -1.03. The predicted molar refractivity (Wildman–Crippen MR) is 73.5 cm³/mol. The molecule has 1 aromatic rings. The van der Waals surface area contributed by atoms with Crippen LogP contribution in [-0.4, -0.2) is 34.5 Å². The first-order chi connectivity index (χ1) is 8.70. The van der Waals surface area contributed by atoms with E-state index in [1.54, 1.807) is 6.33 Å². The summed E-state index contributed by atoms with van der Waals surface area (Å²) in [5.41, 5.74) is 0. The maximum Gasteiger partial charge on any atom is 0.218 e. The summed E-state index contributed by atoms with van der Waals surface area (Å²) in [6.07, 6.45) is 5.25. The molecule has 1 aliphatic rings. The normalized spacial score (nSPS) is 20.2. The lowest BCUT2D eigenvalue weighted by Gasteiger charge is -2.35. The maximum atomic E-state index is 6.03. The summed E-state index contributed by atoms with van der Waals surface area (Å²) in [4.78, 5) is 10.7. The molecule has 0 radical (unpaired) electrons.